The molecule has 4 heteroatoms. The Labute approximate surface area is 124 Å². The molecule has 0 heterocycles. The molecule has 0 saturated heterocycles. The Bertz CT molecular complexity index is 555. The average molecular weight is 289 g/mol. The van der Waals surface area contributed by atoms with Crippen molar-refractivity contribution in [2.45, 2.75) is 23.1 Å². The van der Waals surface area contributed by atoms with Gasteiger partial charge in [0.2, 0.25) is 0 Å². The molecule has 0 saturated carbocycles. The van der Waals surface area contributed by atoms with Gasteiger partial charge in [-0.25, -0.2) is 0 Å². The van der Waals surface area contributed by atoms with Crippen LogP contribution < -0.4 is 15.2 Å². The summed E-state index contributed by atoms with van der Waals surface area (Å²) in [6, 6.07) is 13.8. The number of para-hydroxylation sites is 1. The Morgan fingerprint density at radius 2 is 1.85 bits per heavy atom. The van der Waals surface area contributed by atoms with Crippen LogP contribution in [0.25, 0.3) is 0 Å². The molecule has 0 spiro atoms. The van der Waals surface area contributed by atoms with Crippen molar-refractivity contribution in [3.8, 4) is 11.5 Å². The van der Waals surface area contributed by atoms with Crippen LogP contribution in [0.5, 0.6) is 11.5 Å². The Morgan fingerprint density at radius 1 is 1.10 bits per heavy atom. The Morgan fingerprint density at radius 3 is 2.50 bits per heavy atom. The molecule has 0 bridgehead atoms. The molecule has 2 aromatic carbocycles. The van der Waals surface area contributed by atoms with Gasteiger partial charge in [0.05, 0.1) is 19.4 Å². The number of hydrogen-bond donors (Lipinski definition) is 1. The Balaban J connectivity index is 2.15. The summed E-state index contributed by atoms with van der Waals surface area (Å²) >= 11 is 1.62. The highest BCUT2D eigenvalue weighted by Gasteiger charge is 2.07. The monoisotopic (exact) mass is 289 g/mol. The topological polar surface area (TPSA) is 44.5 Å². The zero-order valence-electron chi connectivity index (χ0n) is 11.8. The van der Waals surface area contributed by atoms with E-state index in [-0.39, 0.29) is 0 Å². The van der Waals surface area contributed by atoms with E-state index in [9.17, 15) is 0 Å². The van der Waals surface area contributed by atoms with E-state index >= 15 is 0 Å². The summed E-state index contributed by atoms with van der Waals surface area (Å²) in [4.78, 5) is 2.12. The van der Waals surface area contributed by atoms with Crippen molar-refractivity contribution >= 4 is 17.4 Å². The molecule has 0 aliphatic heterocycles. The molecule has 0 aliphatic rings. The first-order valence-corrected chi connectivity index (χ1v) is 7.39. The molecular formula is C16H19NO2S. The van der Waals surface area contributed by atoms with Gasteiger partial charge >= 0.3 is 0 Å². The number of benzene rings is 2. The largest absolute Gasteiger partial charge is 0.497 e. The third-order valence-corrected chi connectivity index (χ3v) is 3.86. The minimum absolute atomic E-state index is 0.681. The van der Waals surface area contributed by atoms with Gasteiger partial charge in [-0.15, -0.1) is 0 Å². The van der Waals surface area contributed by atoms with Crippen LogP contribution in [0.4, 0.5) is 5.69 Å². The molecule has 3 nitrogen and oxygen atoms in total. The number of hydrogen-bond acceptors (Lipinski definition) is 4. The highest BCUT2D eigenvalue weighted by atomic mass is 32.2. The number of anilines is 1. The standard InChI is InChI=1S/C16H19NO2S/c1-3-11-19-14-5-4-6-15(16(14)17)20-13-9-7-12(18-2)8-10-13/h4-10H,3,11,17H2,1-2H3. The second-order valence-corrected chi connectivity index (χ2v) is 5.41. The van der Waals surface area contributed by atoms with Crippen molar-refractivity contribution in [3.05, 3.63) is 42.5 Å². The van der Waals surface area contributed by atoms with Crippen LogP contribution in [-0.2, 0) is 0 Å². The number of nitrogens with two attached hydrogens (primary N) is 1. The SMILES string of the molecule is CCCOc1cccc(Sc2ccc(OC)cc2)c1N. The molecule has 0 unspecified atom stereocenters. The molecule has 2 rings (SSSR count). The molecule has 2 aromatic rings. The van der Waals surface area contributed by atoms with Crippen LogP contribution >= 0.6 is 11.8 Å². The van der Waals surface area contributed by atoms with Gasteiger partial charge in [0.25, 0.3) is 0 Å². The van der Waals surface area contributed by atoms with E-state index in [1.54, 1.807) is 18.9 Å². The zero-order valence-corrected chi connectivity index (χ0v) is 12.6. The number of rotatable bonds is 6. The average Bonchev–Trinajstić information content (AvgIpc) is 2.49. The van der Waals surface area contributed by atoms with Crippen LogP contribution in [0.15, 0.2) is 52.3 Å². The molecule has 0 radical (unpaired) electrons. The maximum absolute atomic E-state index is 6.16. The van der Waals surface area contributed by atoms with Gasteiger partial charge in [0.1, 0.15) is 11.5 Å². The van der Waals surface area contributed by atoms with E-state index < -0.39 is 0 Å². The maximum Gasteiger partial charge on any atom is 0.143 e. The summed E-state index contributed by atoms with van der Waals surface area (Å²) in [5, 5.41) is 0. The third-order valence-electron chi connectivity index (χ3n) is 2.78. The zero-order chi connectivity index (χ0) is 14.4. The van der Waals surface area contributed by atoms with Gasteiger partial charge in [-0.2, -0.15) is 0 Å². The van der Waals surface area contributed by atoms with Gasteiger partial charge in [-0.3, -0.25) is 0 Å². The smallest absolute Gasteiger partial charge is 0.143 e. The summed E-state index contributed by atoms with van der Waals surface area (Å²) in [6.45, 7) is 2.76. The van der Waals surface area contributed by atoms with E-state index in [1.807, 2.05) is 42.5 Å². The second kappa shape index (κ2) is 7.10. The fourth-order valence-electron chi connectivity index (χ4n) is 1.72. The fraction of sp³-hybridized carbons (Fsp3) is 0.250. The van der Waals surface area contributed by atoms with Gasteiger partial charge in [-0.1, -0.05) is 24.8 Å². The predicted octanol–water partition coefficient (Wildman–Crippen LogP) is 4.22. The second-order valence-electron chi connectivity index (χ2n) is 4.29. The van der Waals surface area contributed by atoms with E-state index in [4.69, 9.17) is 15.2 Å². The lowest BCUT2D eigenvalue weighted by atomic mass is 10.3. The molecule has 0 amide bonds. The number of nitrogen functional groups attached to an aromatic ring is 1. The summed E-state index contributed by atoms with van der Waals surface area (Å²) in [5.41, 5.74) is 6.85. The minimum atomic E-state index is 0.681. The van der Waals surface area contributed by atoms with Crippen molar-refractivity contribution in [2.75, 3.05) is 19.5 Å². The van der Waals surface area contributed by atoms with Gasteiger partial charge in [0, 0.05) is 9.79 Å². The van der Waals surface area contributed by atoms with Crippen LogP contribution in [0.1, 0.15) is 13.3 Å². The first-order chi connectivity index (χ1) is 9.74. The van der Waals surface area contributed by atoms with E-state index in [0.29, 0.717) is 12.3 Å². The summed E-state index contributed by atoms with van der Waals surface area (Å²) in [7, 11) is 1.66. The summed E-state index contributed by atoms with van der Waals surface area (Å²) in [5.74, 6) is 1.60. The number of ether oxygens (including phenoxy) is 2. The quantitative estimate of drug-likeness (QED) is 0.809. The Kier molecular flexibility index (Phi) is 5.18. The van der Waals surface area contributed by atoms with Crippen LogP contribution in [-0.4, -0.2) is 13.7 Å². The van der Waals surface area contributed by atoms with Crippen molar-refractivity contribution in [2.24, 2.45) is 0 Å². The highest BCUT2D eigenvalue weighted by Crippen LogP contribution is 2.37. The van der Waals surface area contributed by atoms with Gasteiger partial charge in [0.15, 0.2) is 0 Å². The van der Waals surface area contributed by atoms with Crippen molar-refractivity contribution in [3.63, 3.8) is 0 Å². The van der Waals surface area contributed by atoms with Crippen LogP contribution in [0, 0.1) is 0 Å². The first kappa shape index (κ1) is 14.6. The third kappa shape index (κ3) is 3.61. The van der Waals surface area contributed by atoms with Crippen LogP contribution in [0.3, 0.4) is 0 Å². The Hall–Kier alpha value is -1.81. The van der Waals surface area contributed by atoms with E-state index in [0.717, 1.165) is 27.7 Å². The first-order valence-electron chi connectivity index (χ1n) is 6.57. The van der Waals surface area contributed by atoms with E-state index in [2.05, 4.69) is 6.92 Å². The fourth-order valence-corrected chi connectivity index (χ4v) is 2.60. The number of methoxy groups -OCH3 is 1. The lowest BCUT2D eigenvalue weighted by Crippen LogP contribution is -1.99. The molecule has 0 fully saturated rings. The molecule has 106 valence electrons. The molecule has 20 heavy (non-hydrogen) atoms. The molecular weight excluding hydrogens is 270 g/mol. The molecule has 0 aromatic heterocycles. The highest BCUT2D eigenvalue weighted by molar-refractivity contribution is 7.99. The normalized spacial score (nSPS) is 10.3. The molecule has 2 N–H and O–H groups in total. The van der Waals surface area contributed by atoms with Gasteiger partial charge in [-0.05, 0) is 42.8 Å². The summed E-state index contributed by atoms with van der Waals surface area (Å²) in [6.07, 6.45) is 0.968. The lowest BCUT2D eigenvalue weighted by Gasteiger charge is -2.11. The van der Waals surface area contributed by atoms with E-state index in [1.165, 1.54) is 0 Å². The molecule has 0 aliphatic carbocycles. The minimum Gasteiger partial charge on any atom is -0.497 e. The van der Waals surface area contributed by atoms with Gasteiger partial charge < -0.3 is 15.2 Å². The predicted molar refractivity (Wildman–Crippen MR) is 83.8 cm³/mol. The van der Waals surface area contributed by atoms with Crippen LogP contribution in [0.2, 0.25) is 0 Å². The lowest BCUT2D eigenvalue weighted by molar-refractivity contribution is 0.318. The maximum atomic E-state index is 6.16. The summed E-state index contributed by atoms with van der Waals surface area (Å²) < 4.78 is 10.8. The van der Waals surface area contributed by atoms with Crippen molar-refractivity contribution in [1.29, 1.82) is 0 Å². The molecule has 0 atom stereocenters. The van der Waals surface area contributed by atoms with Crippen molar-refractivity contribution in [1.82, 2.24) is 0 Å². The van der Waals surface area contributed by atoms with Crippen molar-refractivity contribution < 1.29 is 9.47 Å².